The van der Waals surface area contributed by atoms with Crippen LogP contribution >= 0.6 is 11.6 Å². The van der Waals surface area contributed by atoms with Crippen LogP contribution in [-0.4, -0.2) is 51.9 Å². The molecule has 2 aromatic rings. The van der Waals surface area contributed by atoms with Crippen LogP contribution in [-0.2, 0) is 11.3 Å². The lowest BCUT2D eigenvalue weighted by Crippen LogP contribution is -2.37. The standard InChI is InChI=1S/C13H17ClN6O/c1-20-4-5-21-8-11(20)13-17-12(18-19-13)7-16-10-2-3-15-6-9(10)14/h2-3,6,11H,4-5,7-8H2,1H3,(H,15,16)(H,17,18,19). The van der Waals surface area contributed by atoms with E-state index in [9.17, 15) is 0 Å². The molecule has 0 aliphatic carbocycles. The molecular weight excluding hydrogens is 292 g/mol. The minimum Gasteiger partial charge on any atom is -0.378 e. The second-order valence-corrected chi connectivity index (χ2v) is 5.33. The number of aromatic nitrogens is 4. The Morgan fingerprint density at radius 3 is 3.29 bits per heavy atom. The average molecular weight is 309 g/mol. The van der Waals surface area contributed by atoms with E-state index in [0.29, 0.717) is 18.2 Å². The summed E-state index contributed by atoms with van der Waals surface area (Å²) < 4.78 is 5.49. The number of aromatic amines is 1. The van der Waals surface area contributed by atoms with Crippen molar-refractivity contribution in [2.24, 2.45) is 0 Å². The van der Waals surface area contributed by atoms with Gasteiger partial charge in [-0.05, 0) is 13.1 Å². The highest BCUT2D eigenvalue weighted by Crippen LogP contribution is 2.21. The van der Waals surface area contributed by atoms with Gasteiger partial charge in [-0.2, -0.15) is 5.10 Å². The van der Waals surface area contributed by atoms with Crippen molar-refractivity contribution < 1.29 is 4.74 Å². The number of nitrogens with zero attached hydrogens (tertiary/aromatic N) is 4. The van der Waals surface area contributed by atoms with Gasteiger partial charge in [-0.15, -0.1) is 0 Å². The maximum absolute atomic E-state index is 6.04. The molecule has 8 heteroatoms. The summed E-state index contributed by atoms with van der Waals surface area (Å²) in [5.41, 5.74) is 0.822. The molecule has 0 radical (unpaired) electrons. The average Bonchev–Trinajstić information content (AvgIpc) is 2.96. The Hall–Kier alpha value is -1.70. The topological polar surface area (TPSA) is 79.0 Å². The lowest BCUT2D eigenvalue weighted by Gasteiger charge is -2.30. The Balaban J connectivity index is 1.64. The maximum atomic E-state index is 6.04. The SMILES string of the molecule is CN1CCOCC1c1n[nH]c(CNc2ccncc2Cl)n1. The predicted octanol–water partition coefficient (Wildman–Crippen LogP) is 1.47. The smallest absolute Gasteiger partial charge is 0.170 e. The molecule has 1 atom stereocenters. The number of pyridine rings is 1. The molecule has 2 aromatic heterocycles. The number of nitrogens with one attached hydrogen (secondary N) is 2. The number of morpholine rings is 1. The molecule has 0 saturated carbocycles. The van der Waals surface area contributed by atoms with Crippen molar-refractivity contribution in [1.82, 2.24) is 25.1 Å². The lowest BCUT2D eigenvalue weighted by atomic mass is 10.2. The van der Waals surface area contributed by atoms with Crippen molar-refractivity contribution in [1.29, 1.82) is 0 Å². The molecule has 112 valence electrons. The van der Waals surface area contributed by atoms with Crippen molar-refractivity contribution in [3.8, 4) is 0 Å². The monoisotopic (exact) mass is 308 g/mol. The molecule has 1 aliphatic heterocycles. The van der Waals surface area contributed by atoms with E-state index in [0.717, 1.165) is 30.5 Å². The zero-order valence-corrected chi connectivity index (χ0v) is 12.5. The molecule has 21 heavy (non-hydrogen) atoms. The fourth-order valence-electron chi connectivity index (χ4n) is 2.19. The Kier molecular flexibility index (Phi) is 4.33. The quantitative estimate of drug-likeness (QED) is 0.890. The fourth-order valence-corrected chi connectivity index (χ4v) is 2.38. The summed E-state index contributed by atoms with van der Waals surface area (Å²) in [5.74, 6) is 1.52. The zero-order chi connectivity index (χ0) is 14.7. The molecule has 0 amide bonds. The van der Waals surface area contributed by atoms with Crippen LogP contribution in [0.1, 0.15) is 17.7 Å². The molecule has 7 nitrogen and oxygen atoms in total. The molecule has 1 fully saturated rings. The first-order chi connectivity index (χ1) is 10.2. The molecule has 3 rings (SSSR count). The van der Waals surface area contributed by atoms with Gasteiger partial charge in [-0.1, -0.05) is 11.6 Å². The number of halogens is 1. The van der Waals surface area contributed by atoms with Gasteiger partial charge >= 0.3 is 0 Å². The number of hydrogen-bond donors (Lipinski definition) is 2. The van der Waals surface area contributed by atoms with E-state index in [4.69, 9.17) is 16.3 Å². The van der Waals surface area contributed by atoms with Gasteiger partial charge in [0.25, 0.3) is 0 Å². The molecule has 2 N–H and O–H groups in total. The van der Waals surface area contributed by atoms with Crippen molar-refractivity contribution in [3.63, 3.8) is 0 Å². The van der Waals surface area contributed by atoms with Gasteiger partial charge < -0.3 is 10.1 Å². The minimum atomic E-state index is 0.105. The molecule has 3 heterocycles. The summed E-state index contributed by atoms with van der Waals surface area (Å²) >= 11 is 6.04. The van der Waals surface area contributed by atoms with E-state index >= 15 is 0 Å². The second kappa shape index (κ2) is 6.38. The summed E-state index contributed by atoms with van der Waals surface area (Å²) in [4.78, 5) is 10.7. The number of H-pyrrole nitrogens is 1. The summed E-state index contributed by atoms with van der Waals surface area (Å²) in [6, 6.07) is 1.93. The van der Waals surface area contributed by atoms with Gasteiger partial charge in [0.15, 0.2) is 5.82 Å². The van der Waals surface area contributed by atoms with E-state index in [2.05, 4.69) is 37.4 Å². The largest absolute Gasteiger partial charge is 0.378 e. The van der Waals surface area contributed by atoms with Crippen LogP contribution in [0.15, 0.2) is 18.5 Å². The molecular formula is C13H17ClN6O. The van der Waals surface area contributed by atoms with Crippen molar-refractivity contribution >= 4 is 17.3 Å². The third-order valence-corrected chi connectivity index (χ3v) is 3.76. The van der Waals surface area contributed by atoms with E-state index in [-0.39, 0.29) is 6.04 Å². The van der Waals surface area contributed by atoms with Crippen LogP contribution in [0.4, 0.5) is 5.69 Å². The van der Waals surface area contributed by atoms with E-state index in [1.165, 1.54) is 0 Å². The number of hydrogen-bond acceptors (Lipinski definition) is 6. The van der Waals surface area contributed by atoms with E-state index in [1.807, 2.05) is 6.07 Å². The number of anilines is 1. The van der Waals surface area contributed by atoms with Crippen LogP contribution in [0.5, 0.6) is 0 Å². The molecule has 1 unspecified atom stereocenters. The summed E-state index contributed by atoms with van der Waals surface area (Å²) in [6.45, 7) is 2.79. The lowest BCUT2D eigenvalue weighted by molar-refractivity contribution is 0.00194. The predicted molar refractivity (Wildman–Crippen MR) is 79.1 cm³/mol. The normalized spacial score (nSPS) is 19.6. The first-order valence-electron chi connectivity index (χ1n) is 6.76. The first-order valence-corrected chi connectivity index (χ1v) is 7.14. The minimum absolute atomic E-state index is 0.105. The highest BCUT2D eigenvalue weighted by molar-refractivity contribution is 6.33. The van der Waals surface area contributed by atoms with Gasteiger partial charge in [0.05, 0.1) is 36.5 Å². The van der Waals surface area contributed by atoms with E-state index < -0.39 is 0 Å². The Bertz CT molecular complexity index is 604. The van der Waals surface area contributed by atoms with Crippen molar-refractivity contribution in [2.45, 2.75) is 12.6 Å². The van der Waals surface area contributed by atoms with Gasteiger partial charge in [-0.3, -0.25) is 15.0 Å². The Morgan fingerprint density at radius 2 is 2.48 bits per heavy atom. The molecule has 1 aliphatic rings. The molecule has 1 saturated heterocycles. The Morgan fingerprint density at radius 1 is 1.57 bits per heavy atom. The first kappa shape index (κ1) is 14.2. The van der Waals surface area contributed by atoms with Crippen LogP contribution in [0.2, 0.25) is 5.02 Å². The van der Waals surface area contributed by atoms with Crippen LogP contribution in [0, 0.1) is 0 Å². The third-order valence-electron chi connectivity index (χ3n) is 3.46. The van der Waals surface area contributed by atoms with Crippen LogP contribution < -0.4 is 5.32 Å². The number of likely N-dealkylation sites (N-methyl/N-ethyl adjacent to an activating group) is 1. The van der Waals surface area contributed by atoms with Crippen LogP contribution in [0.25, 0.3) is 0 Å². The highest BCUT2D eigenvalue weighted by atomic mass is 35.5. The number of ether oxygens (including phenoxy) is 1. The highest BCUT2D eigenvalue weighted by Gasteiger charge is 2.24. The van der Waals surface area contributed by atoms with Crippen LogP contribution in [0.3, 0.4) is 0 Å². The van der Waals surface area contributed by atoms with Crippen molar-refractivity contribution in [2.75, 3.05) is 32.1 Å². The van der Waals surface area contributed by atoms with Crippen molar-refractivity contribution in [3.05, 3.63) is 35.1 Å². The Labute approximate surface area is 127 Å². The third kappa shape index (κ3) is 3.31. The second-order valence-electron chi connectivity index (χ2n) is 4.92. The van der Waals surface area contributed by atoms with Gasteiger partial charge in [0, 0.05) is 18.9 Å². The van der Waals surface area contributed by atoms with E-state index in [1.54, 1.807) is 12.4 Å². The fraction of sp³-hybridized carbons (Fsp3) is 0.462. The summed E-state index contributed by atoms with van der Waals surface area (Å²) in [5, 5.41) is 11.0. The number of rotatable bonds is 4. The molecule has 0 aromatic carbocycles. The summed E-state index contributed by atoms with van der Waals surface area (Å²) in [6.07, 6.45) is 3.29. The van der Waals surface area contributed by atoms with Gasteiger partial charge in [0.2, 0.25) is 0 Å². The van der Waals surface area contributed by atoms with Gasteiger partial charge in [-0.25, -0.2) is 4.98 Å². The summed E-state index contributed by atoms with van der Waals surface area (Å²) in [7, 11) is 2.05. The molecule has 0 bridgehead atoms. The molecule has 0 spiro atoms. The maximum Gasteiger partial charge on any atom is 0.170 e. The van der Waals surface area contributed by atoms with Gasteiger partial charge in [0.1, 0.15) is 5.82 Å². The zero-order valence-electron chi connectivity index (χ0n) is 11.7.